The van der Waals surface area contributed by atoms with Crippen molar-refractivity contribution in [1.82, 2.24) is 5.32 Å². The van der Waals surface area contributed by atoms with Crippen LogP contribution in [0.25, 0.3) is 0 Å². The summed E-state index contributed by atoms with van der Waals surface area (Å²) in [7, 11) is 0. The van der Waals surface area contributed by atoms with E-state index < -0.39 is 0 Å². The Labute approximate surface area is 91.9 Å². The summed E-state index contributed by atoms with van der Waals surface area (Å²) in [6.45, 7) is 5.16. The van der Waals surface area contributed by atoms with Crippen LogP contribution in [0.1, 0.15) is 36.9 Å². The molecule has 0 saturated carbocycles. The van der Waals surface area contributed by atoms with Gasteiger partial charge in [-0.05, 0) is 32.4 Å². The van der Waals surface area contributed by atoms with Crippen LogP contribution in [0.2, 0.25) is 0 Å². The smallest absolute Gasteiger partial charge is 0.0622 e. The Morgan fingerprint density at radius 2 is 2.27 bits per heavy atom. The fraction of sp³-hybridized carbons (Fsp3) is 0.462. The summed E-state index contributed by atoms with van der Waals surface area (Å²) in [6.07, 6.45) is 1.56. The van der Waals surface area contributed by atoms with Gasteiger partial charge in [-0.1, -0.05) is 29.8 Å². The summed E-state index contributed by atoms with van der Waals surface area (Å²) >= 11 is 0. The van der Waals surface area contributed by atoms with Crippen molar-refractivity contribution in [2.45, 2.75) is 32.7 Å². The van der Waals surface area contributed by atoms with Crippen molar-refractivity contribution in [3.8, 4) is 6.07 Å². The maximum atomic E-state index is 8.41. The molecule has 15 heavy (non-hydrogen) atoms. The van der Waals surface area contributed by atoms with Gasteiger partial charge in [0.25, 0.3) is 0 Å². The highest BCUT2D eigenvalue weighted by Gasteiger charge is 2.03. The SMILES string of the molecule is Cc1cccc([C@H](C)NCCCC#N)c1. The van der Waals surface area contributed by atoms with Gasteiger partial charge < -0.3 is 5.32 Å². The Bertz CT molecular complexity index is 339. The molecule has 80 valence electrons. The predicted octanol–water partition coefficient (Wildman–Crippen LogP) is 2.95. The molecule has 0 aliphatic carbocycles. The van der Waals surface area contributed by atoms with Gasteiger partial charge in [0.2, 0.25) is 0 Å². The topological polar surface area (TPSA) is 35.8 Å². The summed E-state index contributed by atoms with van der Waals surface area (Å²) in [5, 5.41) is 11.8. The first-order chi connectivity index (χ1) is 7.24. The maximum Gasteiger partial charge on any atom is 0.0622 e. The van der Waals surface area contributed by atoms with E-state index in [-0.39, 0.29) is 0 Å². The average Bonchev–Trinajstić information content (AvgIpc) is 2.24. The molecule has 1 rings (SSSR count). The van der Waals surface area contributed by atoms with E-state index in [2.05, 4.69) is 49.5 Å². The number of hydrogen-bond donors (Lipinski definition) is 1. The first kappa shape index (κ1) is 11.7. The van der Waals surface area contributed by atoms with E-state index in [0.29, 0.717) is 12.5 Å². The molecular weight excluding hydrogens is 184 g/mol. The molecular formula is C13H18N2. The van der Waals surface area contributed by atoms with E-state index >= 15 is 0 Å². The third-order valence-electron chi connectivity index (χ3n) is 2.46. The number of nitriles is 1. The maximum absolute atomic E-state index is 8.41. The molecule has 0 heterocycles. The molecule has 1 atom stereocenters. The Morgan fingerprint density at radius 1 is 1.47 bits per heavy atom. The van der Waals surface area contributed by atoms with Crippen LogP contribution in [0.3, 0.4) is 0 Å². The molecule has 2 heteroatoms. The quantitative estimate of drug-likeness (QED) is 0.745. The van der Waals surface area contributed by atoms with E-state index in [0.717, 1.165) is 13.0 Å². The van der Waals surface area contributed by atoms with Crippen LogP contribution in [-0.2, 0) is 0 Å². The van der Waals surface area contributed by atoms with Crippen LogP contribution in [0.4, 0.5) is 0 Å². The first-order valence-electron chi connectivity index (χ1n) is 5.41. The molecule has 0 saturated heterocycles. The monoisotopic (exact) mass is 202 g/mol. The fourth-order valence-corrected chi connectivity index (χ4v) is 1.54. The number of benzene rings is 1. The zero-order valence-electron chi connectivity index (χ0n) is 9.46. The van der Waals surface area contributed by atoms with E-state index in [4.69, 9.17) is 5.26 Å². The second-order valence-corrected chi connectivity index (χ2v) is 3.85. The Morgan fingerprint density at radius 3 is 2.93 bits per heavy atom. The van der Waals surface area contributed by atoms with Crippen LogP contribution >= 0.6 is 0 Å². The zero-order valence-corrected chi connectivity index (χ0v) is 9.46. The summed E-state index contributed by atoms with van der Waals surface area (Å²) in [6, 6.07) is 11.0. The molecule has 0 bridgehead atoms. The standard InChI is InChI=1S/C13H18N2/c1-11-6-5-7-13(10-11)12(2)15-9-4-3-8-14/h5-7,10,12,15H,3-4,9H2,1-2H3/t12-/m0/s1. The van der Waals surface area contributed by atoms with Gasteiger partial charge in [0, 0.05) is 12.5 Å². The minimum absolute atomic E-state index is 0.364. The summed E-state index contributed by atoms with van der Waals surface area (Å²) < 4.78 is 0. The van der Waals surface area contributed by atoms with Gasteiger partial charge in [0.1, 0.15) is 0 Å². The predicted molar refractivity (Wildman–Crippen MR) is 62.4 cm³/mol. The van der Waals surface area contributed by atoms with Crippen molar-refractivity contribution in [3.63, 3.8) is 0 Å². The van der Waals surface area contributed by atoms with Crippen LogP contribution in [0.5, 0.6) is 0 Å². The average molecular weight is 202 g/mol. The summed E-state index contributed by atoms with van der Waals surface area (Å²) in [4.78, 5) is 0. The van der Waals surface area contributed by atoms with Crippen LogP contribution in [0.15, 0.2) is 24.3 Å². The molecule has 0 spiro atoms. The highest BCUT2D eigenvalue weighted by Crippen LogP contribution is 2.13. The fourth-order valence-electron chi connectivity index (χ4n) is 1.54. The second-order valence-electron chi connectivity index (χ2n) is 3.85. The van der Waals surface area contributed by atoms with Gasteiger partial charge in [-0.2, -0.15) is 5.26 Å². The van der Waals surface area contributed by atoms with Crippen molar-refractivity contribution in [2.75, 3.05) is 6.54 Å². The molecule has 1 aromatic carbocycles. The molecule has 0 aliphatic rings. The number of unbranched alkanes of at least 4 members (excludes halogenated alkanes) is 1. The van der Waals surface area contributed by atoms with E-state index in [9.17, 15) is 0 Å². The highest BCUT2D eigenvalue weighted by molar-refractivity contribution is 5.24. The summed E-state index contributed by atoms with van der Waals surface area (Å²) in [5.74, 6) is 0. The first-order valence-corrected chi connectivity index (χ1v) is 5.41. The highest BCUT2D eigenvalue weighted by atomic mass is 14.9. The van der Waals surface area contributed by atoms with Gasteiger partial charge in [-0.3, -0.25) is 0 Å². The molecule has 0 aromatic heterocycles. The number of aryl methyl sites for hydroxylation is 1. The Balaban J connectivity index is 2.40. The van der Waals surface area contributed by atoms with Crippen LogP contribution in [-0.4, -0.2) is 6.54 Å². The lowest BCUT2D eigenvalue weighted by Crippen LogP contribution is -2.19. The lowest BCUT2D eigenvalue weighted by atomic mass is 10.1. The molecule has 0 fully saturated rings. The molecule has 0 radical (unpaired) electrons. The van der Waals surface area contributed by atoms with Gasteiger partial charge in [0.15, 0.2) is 0 Å². The molecule has 1 aromatic rings. The normalized spacial score (nSPS) is 12.1. The minimum atomic E-state index is 0.364. The zero-order chi connectivity index (χ0) is 11.1. The Kier molecular flexibility index (Phi) is 4.86. The third-order valence-corrected chi connectivity index (χ3v) is 2.46. The van der Waals surface area contributed by atoms with Crippen molar-refractivity contribution < 1.29 is 0 Å². The minimum Gasteiger partial charge on any atom is -0.310 e. The molecule has 1 N–H and O–H groups in total. The number of nitrogens with zero attached hydrogens (tertiary/aromatic N) is 1. The number of nitrogens with one attached hydrogen (secondary N) is 1. The van der Waals surface area contributed by atoms with Gasteiger partial charge >= 0.3 is 0 Å². The number of hydrogen-bond acceptors (Lipinski definition) is 2. The van der Waals surface area contributed by atoms with Crippen LogP contribution < -0.4 is 5.32 Å². The van der Waals surface area contributed by atoms with Crippen molar-refractivity contribution >= 4 is 0 Å². The molecule has 0 aliphatic heterocycles. The van der Waals surface area contributed by atoms with Gasteiger partial charge in [0.05, 0.1) is 6.07 Å². The van der Waals surface area contributed by atoms with Crippen molar-refractivity contribution in [1.29, 1.82) is 5.26 Å². The third kappa shape index (κ3) is 4.14. The lowest BCUT2D eigenvalue weighted by Gasteiger charge is -2.14. The summed E-state index contributed by atoms with van der Waals surface area (Å²) in [5.41, 5.74) is 2.60. The molecule has 2 nitrogen and oxygen atoms in total. The largest absolute Gasteiger partial charge is 0.310 e. The van der Waals surface area contributed by atoms with Crippen LogP contribution in [0, 0.1) is 18.3 Å². The van der Waals surface area contributed by atoms with E-state index in [1.54, 1.807) is 0 Å². The van der Waals surface area contributed by atoms with E-state index in [1.807, 2.05) is 0 Å². The van der Waals surface area contributed by atoms with E-state index in [1.165, 1.54) is 11.1 Å². The van der Waals surface area contributed by atoms with Crippen molar-refractivity contribution in [3.05, 3.63) is 35.4 Å². The molecule has 0 unspecified atom stereocenters. The lowest BCUT2D eigenvalue weighted by molar-refractivity contribution is 0.562. The van der Waals surface area contributed by atoms with Crippen molar-refractivity contribution in [2.24, 2.45) is 0 Å². The van der Waals surface area contributed by atoms with Gasteiger partial charge in [-0.25, -0.2) is 0 Å². The second kappa shape index (κ2) is 6.21. The number of rotatable bonds is 5. The Hall–Kier alpha value is -1.33. The molecule has 0 amide bonds. The van der Waals surface area contributed by atoms with Gasteiger partial charge in [-0.15, -0.1) is 0 Å².